The normalized spacial score (nSPS) is 22.6. The highest BCUT2D eigenvalue weighted by molar-refractivity contribution is 6.75. The largest absolute Gasteiger partial charge is 0.446 e. The first kappa shape index (κ1) is 16.1. The fraction of sp³-hybridized carbons (Fsp3) is 0.833. The van der Waals surface area contributed by atoms with Gasteiger partial charge in [-0.15, -0.1) is 0 Å². The monoisotopic (exact) mass is 343 g/mol. The second kappa shape index (κ2) is 6.26. The molecule has 0 aromatic rings. The van der Waals surface area contributed by atoms with Crippen LogP contribution in [0, 0.1) is 0 Å². The Labute approximate surface area is 132 Å². The average Bonchev–Trinajstić information content (AvgIpc) is 2.87. The summed E-state index contributed by atoms with van der Waals surface area (Å²) in [4.78, 5) is 26.1. The van der Waals surface area contributed by atoms with Crippen LogP contribution in [0.5, 0.6) is 0 Å². The fourth-order valence-corrected chi connectivity index (χ4v) is 2.71. The van der Waals surface area contributed by atoms with Crippen molar-refractivity contribution in [2.24, 2.45) is 0 Å². The summed E-state index contributed by atoms with van der Waals surface area (Å²) < 4.78 is 8.36. The summed E-state index contributed by atoms with van der Waals surface area (Å²) in [7, 11) is 0. The minimum Gasteiger partial charge on any atom is -0.446 e. The Kier molecular flexibility index (Phi) is 5.05. The Morgan fingerprint density at radius 3 is 2.15 bits per heavy atom. The highest BCUT2D eigenvalue weighted by atomic mass is 35.6. The summed E-state index contributed by atoms with van der Waals surface area (Å²) in [5, 5.41) is 0. The summed E-state index contributed by atoms with van der Waals surface area (Å²) >= 11 is 16.6. The number of carbonyl (C=O) groups is 2. The topological polar surface area (TPSA) is 55.8 Å². The molecule has 0 atom stereocenters. The van der Waals surface area contributed by atoms with Crippen molar-refractivity contribution in [2.75, 3.05) is 26.3 Å². The number of alkyl halides is 3. The number of esters is 1. The Bertz CT molecular complexity index is 385. The standard InChI is InChI=1S/C12H16Cl3NO4/c13-12(14,15)10(18)20-11(3-1-2-4-11)9(17)16-5-7-19-8-6-16/h1-8H2. The van der Waals surface area contributed by atoms with E-state index in [1.54, 1.807) is 4.90 Å². The van der Waals surface area contributed by atoms with Crippen molar-refractivity contribution in [3.63, 3.8) is 0 Å². The molecule has 1 aliphatic carbocycles. The van der Waals surface area contributed by atoms with Crippen LogP contribution in [0.3, 0.4) is 0 Å². The number of nitrogens with zero attached hydrogens (tertiary/aromatic N) is 1. The fourth-order valence-electron chi connectivity index (χ4n) is 2.60. The van der Waals surface area contributed by atoms with Crippen LogP contribution in [0.1, 0.15) is 25.7 Å². The molecule has 0 radical (unpaired) electrons. The molecule has 20 heavy (non-hydrogen) atoms. The summed E-state index contributed by atoms with van der Waals surface area (Å²) in [5.74, 6) is -1.20. The van der Waals surface area contributed by atoms with Gasteiger partial charge in [-0.05, 0) is 25.7 Å². The van der Waals surface area contributed by atoms with Gasteiger partial charge in [0.2, 0.25) is 0 Å². The maximum Gasteiger partial charge on any atom is 0.359 e. The van der Waals surface area contributed by atoms with Crippen molar-refractivity contribution < 1.29 is 19.1 Å². The van der Waals surface area contributed by atoms with Crippen LogP contribution in [-0.2, 0) is 19.1 Å². The minimum atomic E-state index is -2.17. The number of hydrogen-bond donors (Lipinski definition) is 0. The lowest BCUT2D eigenvalue weighted by molar-refractivity contribution is -0.175. The van der Waals surface area contributed by atoms with Gasteiger partial charge in [-0.2, -0.15) is 0 Å². The highest BCUT2D eigenvalue weighted by Gasteiger charge is 2.50. The van der Waals surface area contributed by atoms with Crippen LogP contribution >= 0.6 is 34.8 Å². The predicted octanol–water partition coefficient (Wildman–Crippen LogP) is 2.07. The SMILES string of the molecule is O=C(OC1(C(=O)N2CCOCC2)CCCC1)C(Cl)(Cl)Cl. The van der Waals surface area contributed by atoms with E-state index in [0.29, 0.717) is 39.1 Å². The third-order valence-electron chi connectivity index (χ3n) is 3.62. The van der Waals surface area contributed by atoms with Gasteiger partial charge in [0.25, 0.3) is 9.70 Å². The predicted molar refractivity (Wildman–Crippen MR) is 75.0 cm³/mol. The Morgan fingerprint density at radius 1 is 1.10 bits per heavy atom. The van der Waals surface area contributed by atoms with E-state index in [9.17, 15) is 9.59 Å². The van der Waals surface area contributed by atoms with E-state index < -0.39 is 15.4 Å². The number of hydrogen-bond acceptors (Lipinski definition) is 4. The molecule has 0 N–H and O–H groups in total. The second-order valence-corrected chi connectivity index (χ2v) is 7.27. The third kappa shape index (κ3) is 3.50. The maximum absolute atomic E-state index is 12.6. The number of morpholine rings is 1. The van der Waals surface area contributed by atoms with Crippen molar-refractivity contribution in [1.82, 2.24) is 4.90 Å². The molecule has 114 valence electrons. The zero-order valence-electron chi connectivity index (χ0n) is 10.9. The summed E-state index contributed by atoms with van der Waals surface area (Å²) in [6.07, 6.45) is 2.55. The van der Waals surface area contributed by atoms with Crippen LogP contribution in [0.2, 0.25) is 0 Å². The van der Waals surface area contributed by atoms with Crippen LogP contribution in [0.15, 0.2) is 0 Å². The molecule has 8 heteroatoms. The molecule has 5 nitrogen and oxygen atoms in total. The molecule has 1 amide bonds. The molecule has 2 fully saturated rings. The van der Waals surface area contributed by atoms with E-state index in [1.807, 2.05) is 0 Å². The third-order valence-corrected chi connectivity index (χ3v) is 4.08. The number of carbonyl (C=O) groups excluding carboxylic acids is 2. The number of ether oxygens (including phenoxy) is 2. The summed E-state index contributed by atoms with van der Waals surface area (Å²) in [5.41, 5.74) is -1.18. The Morgan fingerprint density at radius 2 is 1.65 bits per heavy atom. The van der Waals surface area contributed by atoms with Gasteiger partial charge in [0.05, 0.1) is 13.2 Å². The Balaban J connectivity index is 2.12. The van der Waals surface area contributed by atoms with E-state index in [0.717, 1.165) is 12.8 Å². The van der Waals surface area contributed by atoms with Crippen molar-refractivity contribution in [1.29, 1.82) is 0 Å². The first-order valence-corrected chi connectivity index (χ1v) is 7.66. The zero-order valence-corrected chi connectivity index (χ0v) is 13.1. The lowest BCUT2D eigenvalue weighted by atomic mass is 9.99. The van der Waals surface area contributed by atoms with Gasteiger partial charge < -0.3 is 14.4 Å². The smallest absolute Gasteiger partial charge is 0.359 e. The molecule has 0 aromatic heterocycles. The molecule has 1 saturated heterocycles. The van der Waals surface area contributed by atoms with Crippen LogP contribution in [0.25, 0.3) is 0 Å². The molecular weight excluding hydrogens is 328 g/mol. The molecule has 2 aliphatic rings. The minimum absolute atomic E-state index is 0.207. The quantitative estimate of drug-likeness (QED) is 0.568. The average molecular weight is 345 g/mol. The highest BCUT2D eigenvalue weighted by Crippen LogP contribution is 2.38. The maximum atomic E-state index is 12.6. The zero-order chi connectivity index (χ0) is 14.8. The van der Waals surface area contributed by atoms with Crippen molar-refractivity contribution >= 4 is 46.7 Å². The molecule has 1 heterocycles. The van der Waals surface area contributed by atoms with E-state index >= 15 is 0 Å². The Hall–Kier alpha value is -0.230. The van der Waals surface area contributed by atoms with E-state index in [4.69, 9.17) is 44.3 Å². The van der Waals surface area contributed by atoms with Gasteiger partial charge in [-0.1, -0.05) is 34.8 Å². The van der Waals surface area contributed by atoms with Crippen molar-refractivity contribution in [3.8, 4) is 0 Å². The molecule has 0 aromatic carbocycles. The second-order valence-electron chi connectivity index (χ2n) is 4.99. The summed E-state index contributed by atoms with van der Waals surface area (Å²) in [6, 6.07) is 0. The first-order valence-electron chi connectivity index (χ1n) is 6.52. The van der Waals surface area contributed by atoms with Gasteiger partial charge in [0.15, 0.2) is 5.60 Å². The van der Waals surface area contributed by atoms with Crippen molar-refractivity contribution in [3.05, 3.63) is 0 Å². The summed E-state index contributed by atoms with van der Waals surface area (Å²) in [6.45, 7) is 1.96. The van der Waals surface area contributed by atoms with E-state index in [2.05, 4.69) is 0 Å². The first-order chi connectivity index (χ1) is 9.35. The van der Waals surface area contributed by atoms with Crippen molar-refractivity contribution in [2.45, 2.75) is 35.1 Å². The number of halogens is 3. The van der Waals surface area contributed by atoms with E-state index in [-0.39, 0.29) is 5.91 Å². The molecule has 1 saturated carbocycles. The molecular formula is C12H16Cl3NO4. The van der Waals surface area contributed by atoms with Crippen LogP contribution in [0.4, 0.5) is 0 Å². The van der Waals surface area contributed by atoms with Gasteiger partial charge >= 0.3 is 5.97 Å². The number of rotatable bonds is 2. The molecule has 1 aliphatic heterocycles. The van der Waals surface area contributed by atoms with Gasteiger partial charge in [0.1, 0.15) is 0 Å². The van der Waals surface area contributed by atoms with Crippen LogP contribution < -0.4 is 0 Å². The van der Waals surface area contributed by atoms with Gasteiger partial charge in [0, 0.05) is 13.1 Å². The van der Waals surface area contributed by atoms with E-state index in [1.165, 1.54) is 0 Å². The molecule has 0 bridgehead atoms. The van der Waals surface area contributed by atoms with Gasteiger partial charge in [-0.25, -0.2) is 4.79 Å². The van der Waals surface area contributed by atoms with Crippen LogP contribution in [-0.4, -0.2) is 52.5 Å². The lowest BCUT2D eigenvalue weighted by Crippen LogP contribution is -2.54. The molecule has 0 unspecified atom stereocenters. The molecule has 2 rings (SSSR count). The number of amides is 1. The lowest BCUT2D eigenvalue weighted by Gasteiger charge is -2.36. The molecule has 0 spiro atoms. The van der Waals surface area contributed by atoms with Gasteiger partial charge in [-0.3, -0.25) is 4.79 Å².